The molecule has 1 atom stereocenters. The summed E-state index contributed by atoms with van der Waals surface area (Å²) in [7, 11) is -3.86. The van der Waals surface area contributed by atoms with Crippen LogP contribution in [-0.2, 0) is 24.8 Å². The Hall–Kier alpha value is -2.51. The molecular weight excluding hydrogens is 504 g/mol. The molecule has 2 saturated heterocycles. The van der Waals surface area contributed by atoms with Crippen LogP contribution in [0.15, 0.2) is 58.3 Å². The minimum atomic E-state index is -3.74. The third kappa shape index (κ3) is 5.73. The molecule has 2 aliphatic heterocycles. The first kappa shape index (κ1) is 26.6. The van der Waals surface area contributed by atoms with E-state index in [1.165, 1.54) is 40.0 Å². The van der Waals surface area contributed by atoms with Crippen LogP contribution in [0.5, 0.6) is 5.75 Å². The van der Waals surface area contributed by atoms with Crippen molar-refractivity contribution in [1.29, 1.82) is 0 Å². The number of methoxy groups -OCH3 is 1. The van der Waals surface area contributed by atoms with Crippen molar-refractivity contribution in [2.45, 2.75) is 22.6 Å². The lowest BCUT2D eigenvalue weighted by Gasteiger charge is -2.31. The Morgan fingerprint density at radius 1 is 0.833 bits per heavy atom. The predicted octanol–water partition coefficient (Wildman–Crippen LogP) is 1.67. The van der Waals surface area contributed by atoms with Crippen molar-refractivity contribution in [2.24, 2.45) is 5.92 Å². The monoisotopic (exact) mass is 536 g/mol. The number of amides is 1. The molecular formula is C24H32N4O6S2. The lowest BCUT2D eigenvalue weighted by Crippen LogP contribution is -2.47. The highest BCUT2D eigenvalue weighted by atomic mass is 32.2. The molecule has 0 unspecified atom stereocenters. The van der Waals surface area contributed by atoms with Gasteiger partial charge in [-0.15, -0.1) is 0 Å². The van der Waals surface area contributed by atoms with Crippen molar-refractivity contribution in [2.75, 3.05) is 58.7 Å². The quantitative estimate of drug-likeness (QED) is 0.572. The van der Waals surface area contributed by atoms with Gasteiger partial charge in [-0.05, 0) is 68.4 Å². The molecule has 1 amide bonds. The van der Waals surface area contributed by atoms with Gasteiger partial charge in [0.1, 0.15) is 5.75 Å². The first-order valence-electron chi connectivity index (χ1n) is 11.8. The molecule has 2 heterocycles. The molecule has 2 aromatic rings. The summed E-state index contributed by atoms with van der Waals surface area (Å²) in [5.74, 6) is -0.243. The van der Waals surface area contributed by atoms with Crippen molar-refractivity contribution in [3.05, 3.63) is 48.5 Å². The molecule has 2 aromatic carbocycles. The number of sulfonamides is 2. The van der Waals surface area contributed by atoms with Crippen LogP contribution in [0.4, 0.5) is 5.69 Å². The van der Waals surface area contributed by atoms with Crippen molar-refractivity contribution in [3.63, 3.8) is 0 Å². The molecule has 0 aromatic heterocycles. The van der Waals surface area contributed by atoms with Gasteiger partial charge in [-0.2, -0.15) is 8.61 Å². The number of likely N-dealkylation sites (N-methyl/N-ethyl adjacent to an activating group) is 1. The zero-order valence-electron chi connectivity index (χ0n) is 20.5. The van der Waals surface area contributed by atoms with Gasteiger partial charge in [0.15, 0.2) is 0 Å². The number of piperazine rings is 1. The van der Waals surface area contributed by atoms with Gasteiger partial charge in [0.25, 0.3) is 0 Å². The number of carbonyl (C=O) groups is 1. The molecule has 10 nitrogen and oxygen atoms in total. The third-order valence-corrected chi connectivity index (χ3v) is 10.5. The minimum Gasteiger partial charge on any atom is -0.497 e. The third-order valence-electron chi connectivity index (χ3n) is 6.67. The van der Waals surface area contributed by atoms with Crippen LogP contribution in [0.25, 0.3) is 0 Å². The minimum absolute atomic E-state index is 0.0794. The molecule has 12 heteroatoms. The first-order valence-corrected chi connectivity index (χ1v) is 14.7. The number of nitrogens with zero attached hydrogens (tertiary/aromatic N) is 3. The summed E-state index contributed by atoms with van der Waals surface area (Å²) in [6.07, 6.45) is 1.13. The molecule has 4 rings (SSSR count). The fourth-order valence-corrected chi connectivity index (χ4v) is 7.35. The van der Waals surface area contributed by atoms with Gasteiger partial charge < -0.3 is 15.0 Å². The van der Waals surface area contributed by atoms with Crippen molar-refractivity contribution < 1.29 is 26.4 Å². The molecule has 0 radical (unpaired) electrons. The van der Waals surface area contributed by atoms with E-state index < -0.39 is 26.0 Å². The van der Waals surface area contributed by atoms with Gasteiger partial charge in [0, 0.05) is 45.0 Å². The lowest BCUT2D eigenvalue weighted by atomic mass is 9.99. The Kier molecular flexibility index (Phi) is 8.00. The van der Waals surface area contributed by atoms with Crippen molar-refractivity contribution in [3.8, 4) is 5.75 Å². The maximum absolute atomic E-state index is 13.1. The number of piperidine rings is 1. The summed E-state index contributed by atoms with van der Waals surface area (Å²) in [5.41, 5.74) is 0.465. The second-order valence-electron chi connectivity index (χ2n) is 9.10. The Morgan fingerprint density at radius 3 is 1.97 bits per heavy atom. The average Bonchev–Trinajstić information content (AvgIpc) is 2.89. The summed E-state index contributed by atoms with van der Waals surface area (Å²) in [6, 6.07) is 12.3. The summed E-state index contributed by atoms with van der Waals surface area (Å²) >= 11 is 0. The SMILES string of the molecule is COc1ccc(S(=O)(=O)N2CCC[C@@H](C(=O)Nc3ccc(S(=O)(=O)N4CCN(C)CC4)cc3)C2)cc1. The molecule has 2 aliphatic rings. The Morgan fingerprint density at radius 2 is 1.39 bits per heavy atom. The molecule has 1 N–H and O–H groups in total. The van der Waals surface area contributed by atoms with E-state index in [0.29, 0.717) is 57.0 Å². The fraction of sp³-hybridized carbons (Fsp3) is 0.458. The molecule has 0 bridgehead atoms. The molecule has 0 spiro atoms. The maximum Gasteiger partial charge on any atom is 0.243 e. The number of anilines is 1. The second kappa shape index (κ2) is 10.9. The molecule has 0 saturated carbocycles. The number of nitrogens with one attached hydrogen (secondary N) is 1. The number of benzene rings is 2. The van der Waals surface area contributed by atoms with Crippen LogP contribution in [0, 0.1) is 5.92 Å². The highest BCUT2D eigenvalue weighted by molar-refractivity contribution is 7.89. The van der Waals surface area contributed by atoms with E-state index in [-0.39, 0.29) is 22.2 Å². The van der Waals surface area contributed by atoms with Crippen LogP contribution < -0.4 is 10.1 Å². The van der Waals surface area contributed by atoms with Crippen LogP contribution in [0.2, 0.25) is 0 Å². The fourth-order valence-electron chi connectivity index (χ4n) is 4.40. The largest absolute Gasteiger partial charge is 0.497 e. The Bertz CT molecular complexity index is 1270. The van der Waals surface area contributed by atoms with Gasteiger partial charge >= 0.3 is 0 Å². The zero-order valence-corrected chi connectivity index (χ0v) is 22.1. The number of carbonyl (C=O) groups excluding carboxylic acids is 1. The molecule has 2 fully saturated rings. The number of rotatable bonds is 7. The van der Waals surface area contributed by atoms with E-state index in [2.05, 4.69) is 10.2 Å². The summed E-state index contributed by atoms with van der Waals surface area (Å²) in [6.45, 7) is 2.66. The smallest absolute Gasteiger partial charge is 0.243 e. The summed E-state index contributed by atoms with van der Waals surface area (Å²) < 4.78 is 59.9. The summed E-state index contributed by atoms with van der Waals surface area (Å²) in [5, 5.41) is 2.81. The van der Waals surface area contributed by atoms with Crippen molar-refractivity contribution >= 4 is 31.6 Å². The van der Waals surface area contributed by atoms with E-state index in [1.54, 1.807) is 24.3 Å². The highest BCUT2D eigenvalue weighted by Crippen LogP contribution is 2.26. The molecule has 36 heavy (non-hydrogen) atoms. The van der Waals surface area contributed by atoms with Crippen LogP contribution in [0.3, 0.4) is 0 Å². The van der Waals surface area contributed by atoms with Gasteiger partial charge in [0.05, 0.1) is 22.8 Å². The van der Waals surface area contributed by atoms with Crippen LogP contribution >= 0.6 is 0 Å². The highest BCUT2D eigenvalue weighted by Gasteiger charge is 2.33. The Balaban J connectivity index is 1.39. The van der Waals surface area contributed by atoms with E-state index in [4.69, 9.17) is 4.74 Å². The van der Waals surface area contributed by atoms with Gasteiger partial charge in [0.2, 0.25) is 26.0 Å². The first-order chi connectivity index (χ1) is 17.1. The predicted molar refractivity (Wildman–Crippen MR) is 136 cm³/mol. The number of hydrogen-bond acceptors (Lipinski definition) is 7. The van der Waals surface area contributed by atoms with Gasteiger partial charge in [-0.1, -0.05) is 0 Å². The molecule has 196 valence electrons. The van der Waals surface area contributed by atoms with Crippen molar-refractivity contribution in [1.82, 2.24) is 13.5 Å². The lowest BCUT2D eigenvalue weighted by molar-refractivity contribution is -0.120. The normalized spacial score (nSPS) is 20.7. The van der Waals surface area contributed by atoms with Crippen LogP contribution in [-0.4, -0.2) is 89.7 Å². The van der Waals surface area contributed by atoms with E-state index in [0.717, 1.165) is 0 Å². The van der Waals surface area contributed by atoms with E-state index >= 15 is 0 Å². The van der Waals surface area contributed by atoms with Gasteiger partial charge in [-0.25, -0.2) is 16.8 Å². The Labute approximate surface area is 212 Å². The molecule has 0 aliphatic carbocycles. The summed E-state index contributed by atoms with van der Waals surface area (Å²) in [4.78, 5) is 15.4. The van der Waals surface area contributed by atoms with E-state index in [1.807, 2.05) is 7.05 Å². The standard InChI is InChI=1S/C24H32N4O6S2/c1-26-14-16-27(17-15-26)35(30,31)22-9-5-20(6-10-22)25-24(29)19-4-3-13-28(18-19)36(32,33)23-11-7-21(34-2)8-12-23/h5-12,19H,3-4,13-18H2,1-2H3,(H,25,29)/t19-/m1/s1. The van der Waals surface area contributed by atoms with Gasteiger partial charge in [-0.3, -0.25) is 4.79 Å². The topological polar surface area (TPSA) is 116 Å². The number of hydrogen-bond donors (Lipinski definition) is 1. The zero-order chi connectivity index (χ0) is 25.9. The second-order valence-corrected chi connectivity index (χ2v) is 13.0. The maximum atomic E-state index is 13.1. The van der Waals surface area contributed by atoms with Crippen LogP contribution in [0.1, 0.15) is 12.8 Å². The average molecular weight is 537 g/mol. The number of ether oxygens (including phenoxy) is 1. The van der Waals surface area contributed by atoms with E-state index in [9.17, 15) is 21.6 Å².